The maximum atomic E-state index is 12.7. The van der Waals surface area contributed by atoms with Gasteiger partial charge in [0.1, 0.15) is 12.2 Å². The second-order valence-corrected chi connectivity index (χ2v) is 6.38. The van der Waals surface area contributed by atoms with Crippen LogP contribution in [0.5, 0.6) is 0 Å². The summed E-state index contributed by atoms with van der Waals surface area (Å²) in [5, 5.41) is 3.97. The number of hydrogen-bond acceptors (Lipinski definition) is 3. The number of benzene rings is 2. The molecule has 2 aromatic rings. The normalized spacial score (nSPS) is 23.4. The van der Waals surface area contributed by atoms with E-state index in [0.29, 0.717) is 10.0 Å². The quantitative estimate of drug-likeness (QED) is 0.681. The van der Waals surface area contributed by atoms with Gasteiger partial charge in [-0.25, -0.2) is 0 Å². The van der Waals surface area contributed by atoms with Crippen LogP contribution in [0.15, 0.2) is 42.5 Å². The molecule has 0 spiro atoms. The fraction of sp³-hybridized carbons (Fsp3) is 0.222. The number of Topliss-reactive ketones (excluding diaryl/α,β-unsaturated/α-hetero) is 1. The summed E-state index contributed by atoms with van der Waals surface area (Å²) in [5.74, 6) is -1.07. The SMILES string of the molecule is CNC1C(=O)C(C=O)c2ccccc2C1c1ccc(Cl)c(Cl)c1. The molecule has 0 fully saturated rings. The van der Waals surface area contributed by atoms with Crippen molar-refractivity contribution in [1.82, 2.24) is 5.32 Å². The molecular formula is C18H15Cl2NO2. The van der Waals surface area contributed by atoms with Crippen molar-refractivity contribution in [1.29, 1.82) is 0 Å². The Hall–Kier alpha value is -1.68. The van der Waals surface area contributed by atoms with Crippen LogP contribution in [0.2, 0.25) is 10.0 Å². The minimum Gasteiger partial charge on any atom is -0.310 e. The van der Waals surface area contributed by atoms with Crippen molar-refractivity contribution >= 4 is 35.3 Å². The van der Waals surface area contributed by atoms with E-state index in [1.54, 1.807) is 19.2 Å². The number of ketones is 1. The molecule has 0 bridgehead atoms. The van der Waals surface area contributed by atoms with Gasteiger partial charge in [-0.1, -0.05) is 53.5 Å². The van der Waals surface area contributed by atoms with E-state index in [1.165, 1.54) is 0 Å². The van der Waals surface area contributed by atoms with Gasteiger partial charge in [-0.3, -0.25) is 4.79 Å². The zero-order valence-corrected chi connectivity index (χ0v) is 13.9. The number of hydrogen-bond donors (Lipinski definition) is 1. The molecule has 0 aromatic heterocycles. The van der Waals surface area contributed by atoms with Crippen LogP contribution in [0.25, 0.3) is 0 Å². The first kappa shape index (κ1) is 16.2. The topological polar surface area (TPSA) is 46.2 Å². The number of halogens is 2. The summed E-state index contributed by atoms with van der Waals surface area (Å²) >= 11 is 12.2. The predicted octanol–water partition coefficient (Wildman–Crippen LogP) is 3.58. The number of rotatable bonds is 3. The van der Waals surface area contributed by atoms with Gasteiger partial charge >= 0.3 is 0 Å². The van der Waals surface area contributed by atoms with Crippen molar-refractivity contribution in [2.45, 2.75) is 17.9 Å². The summed E-state index contributed by atoms with van der Waals surface area (Å²) in [6.07, 6.45) is 0.719. The molecule has 3 unspecified atom stereocenters. The van der Waals surface area contributed by atoms with Gasteiger partial charge in [0.05, 0.1) is 16.1 Å². The Kier molecular flexibility index (Phi) is 4.53. The number of carbonyl (C=O) groups excluding carboxylic acids is 2. The maximum Gasteiger partial charge on any atom is 0.165 e. The number of likely N-dealkylation sites (N-methyl/N-ethyl adjacent to an activating group) is 1. The van der Waals surface area contributed by atoms with Gasteiger partial charge in [0.25, 0.3) is 0 Å². The highest BCUT2D eigenvalue weighted by atomic mass is 35.5. The Morgan fingerprint density at radius 1 is 1.04 bits per heavy atom. The molecule has 23 heavy (non-hydrogen) atoms. The van der Waals surface area contributed by atoms with E-state index in [4.69, 9.17) is 23.2 Å². The van der Waals surface area contributed by atoms with Gasteiger partial charge in [0, 0.05) is 5.92 Å². The number of nitrogens with one attached hydrogen (secondary N) is 1. The van der Waals surface area contributed by atoms with Crippen LogP contribution in [-0.4, -0.2) is 25.2 Å². The van der Waals surface area contributed by atoms with Crippen molar-refractivity contribution in [3.63, 3.8) is 0 Å². The monoisotopic (exact) mass is 347 g/mol. The number of fused-ring (bicyclic) bond motifs is 1. The Morgan fingerprint density at radius 2 is 1.74 bits per heavy atom. The van der Waals surface area contributed by atoms with Crippen LogP contribution in [0.3, 0.4) is 0 Å². The molecule has 3 atom stereocenters. The highest BCUT2D eigenvalue weighted by Crippen LogP contribution is 2.41. The summed E-state index contributed by atoms with van der Waals surface area (Å²) in [6.45, 7) is 0. The summed E-state index contributed by atoms with van der Waals surface area (Å²) in [4.78, 5) is 24.2. The van der Waals surface area contributed by atoms with E-state index in [0.717, 1.165) is 23.0 Å². The molecule has 0 saturated heterocycles. The second kappa shape index (κ2) is 6.44. The average molecular weight is 348 g/mol. The van der Waals surface area contributed by atoms with Gasteiger partial charge in [-0.15, -0.1) is 0 Å². The van der Waals surface area contributed by atoms with Crippen molar-refractivity contribution < 1.29 is 9.59 Å². The van der Waals surface area contributed by atoms with Crippen LogP contribution in [0.1, 0.15) is 28.5 Å². The summed E-state index contributed by atoms with van der Waals surface area (Å²) in [7, 11) is 1.73. The molecule has 1 aliphatic carbocycles. The molecule has 1 aliphatic rings. The van der Waals surface area contributed by atoms with E-state index >= 15 is 0 Å². The van der Waals surface area contributed by atoms with E-state index in [2.05, 4.69) is 5.32 Å². The lowest BCUT2D eigenvalue weighted by Crippen LogP contribution is -2.46. The summed E-state index contributed by atoms with van der Waals surface area (Å²) in [5.41, 5.74) is 2.61. The third-order valence-electron chi connectivity index (χ3n) is 4.36. The Labute approximate surface area is 144 Å². The Bertz CT molecular complexity index is 775. The van der Waals surface area contributed by atoms with Crippen LogP contribution in [0.4, 0.5) is 0 Å². The molecule has 0 saturated carbocycles. The third-order valence-corrected chi connectivity index (χ3v) is 5.10. The van der Waals surface area contributed by atoms with Gasteiger partial charge in [-0.2, -0.15) is 0 Å². The number of aldehydes is 1. The molecule has 118 valence electrons. The van der Waals surface area contributed by atoms with Crippen molar-refractivity contribution in [3.05, 3.63) is 69.2 Å². The minimum atomic E-state index is -0.734. The second-order valence-electron chi connectivity index (χ2n) is 5.56. The highest BCUT2D eigenvalue weighted by Gasteiger charge is 2.41. The third kappa shape index (κ3) is 2.69. The molecule has 5 heteroatoms. The lowest BCUT2D eigenvalue weighted by Gasteiger charge is -2.35. The van der Waals surface area contributed by atoms with Crippen LogP contribution in [-0.2, 0) is 9.59 Å². The van der Waals surface area contributed by atoms with E-state index in [9.17, 15) is 9.59 Å². The Morgan fingerprint density at radius 3 is 2.35 bits per heavy atom. The zero-order valence-electron chi connectivity index (χ0n) is 12.4. The summed E-state index contributed by atoms with van der Waals surface area (Å²) < 4.78 is 0. The molecular weight excluding hydrogens is 333 g/mol. The zero-order chi connectivity index (χ0) is 16.6. The largest absolute Gasteiger partial charge is 0.310 e. The van der Waals surface area contributed by atoms with E-state index < -0.39 is 12.0 Å². The smallest absolute Gasteiger partial charge is 0.165 e. The lowest BCUT2D eigenvalue weighted by atomic mass is 9.70. The molecule has 0 radical (unpaired) electrons. The van der Waals surface area contributed by atoms with Crippen molar-refractivity contribution in [2.75, 3.05) is 7.05 Å². The fourth-order valence-corrected chi connectivity index (χ4v) is 3.60. The predicted molar refractivity (Wildman–Crippen MR) is 91.4 cm³/mol. The first-order chi connectivity index (χ1) is 11.1. The summed E-state index contributed by atoms with van der Waals surface area (Å²) in [6, 6.07) is 12.4. The Balaban J connectivity index is 2.22. The highest BCUT2D eigenvalue weighted by molar-refractivity contribution is 6.42. The molecule has 3 nitrogen and oxygen atoms in total. The number of carbonyl (C=O) groups is 2. The van der Waals surface area contributed by atoms with Crippen LogP contribution in [0, 0.1) is 0 Å². The molecule has 3 rings (SSSR count). The molecule has 2 aromatic carbocycles. The molecule has 0 heterocycles. The maximum absolute atomic E-state index is 12.7. The van der Waals surface area contributed by atoms with E-state index in [1.807, 2.05) is 30.3 Å². The standard InChI is InChI=1S/C18H15Cl2NO2/c1-21-17-16(10-6-7-14(19)15(20)8-10)12-5-3-2-4-11(12)13(9-22)18(17)23/h2-9,13,16-17,21H,1H3. The van der Waals surface area contributed by atoms with Crippen LogP contribution < -0.4 is 5.32 Å². The van der Waals surface area contributed by atoms with Gasteiger partial charge < -0.3 is 10.1 Å². The van der Waals surface area contributed by atoms with Gasteiger partial charge in [0.2, 0.25) is 0 Å². The van der Waals surface area contributed by atoms with Crippen molar-refractivity contribution in [3.8, 4) is 0 Å². The first-order valence-electron chi connectivity index (χ1n) is 7.28. The molecule has 0 amide bonds. The molecule has 0 aliphatic heterocycles. The average Bonchev–Trinajstić information content (AvgIpc) is 2.56. The molecule has 1 N–H and O–H groups in total. The van der Waals surface area contributed by atoms with Gasteiger partial charge in [-0.05, 0) is 35.9 Å². The first-order valence-corrected chi connectivity index (χ1v) is 8.04. The minimum absolute atomic E-state index is 0.128. The van der Waals surface area contributed by atoms with Crippen LogP contribution >= 0.6 is 23.2 Å². The lowest BCUT2D eigenvalue weighted by molar-refractivity contribution is -0.126. The fourth-order valence-electron chi connectivity index (χ4n) is 3.30. The van der Waals surface area contributed by atoms with Crippen molar-refractivity contribution in [2.24, 2.45) is 0 Å². The van der Waals surface area contributed by atoms with Gasteiger partial charge in [0.15, 0.2) is 5.78 Å². The van der Waals surface area contributed by atoms with E-state index in [-0.39, 0.29) is 11.7 Å².